The molecule has 1 heterocycles. The highest BCUT2D eigenvalue weighted by molar-refractivity contribution is 6.36. The van der Waals surface area contributed by atoms with Crippen LogP contribution in [0.5, 0.6) is 0 Å². The molecule has 1 unspecified atom stereocenters. The van der Waals surface area contributed by atoms with Gasteiger partial charge in [0.25, 0.3) is 0 Å². The Morgan fingerprint density at radius 3 is 2.42 bits per heavy atom. The van der Waals surface area contributed by atoms with Crippen molar-refractivity contribution >= 4 is 34.5 Å². The highest BCUT2D eigenvalue weighted by Gasteiger charge is 2.29. The molecule has 33 heavy (non-hydrogen) atoms. The summed E-state index contributed by atoms with van der Waals surface area (Å²) >= 11 is 6.35. The Balaban J connectivity index is 1.32. The predicted octanol–water partition coefficient (Wildman–Crippen LogP) is 7.13. The summed E-state index contributed by atoms with van der Waals surface area (Å²) in [5.74, 6) is 0.0201. The Hall–Kier alpha value is -3.63. The summed E-state index contributed by atoms with van der Waals surface area (Å²) in [5, 5.41) is 5.33. The number of alkyl carbamates (subject to hydrolysis) is 1. The molecule has 1 aromatic heterocycles. The van der Waals surface area contributed by atoms with Crippen LogP contribution >= 0.6 is 11.6 Å². The lowest BCUT2D eigenvalue weighted by molar-refractivity contribution is 0.139. The summed E-state index contributed by atoms with van der Waals surface area (Å²) in [6.07, 6.45) is 1.20. The van der Waals surface area contributed by atoms with E-state index >= 15 is 0 Å². The third-order valence-electron chi connectivity index (χ3n) is 6.17. The van der Waals surface area contributed by atoms with Crippen molar-refractivity contribution in [3.8, 4) is 11.1 Å². The molecule has 5 rings (SSSR count). The molecule has 0 saturated carbocycles. The number of nitrogens with one attached hydrogen (secondary N) is 1. The largest absolute Gasteiger partial charge is 0.449 e. The molecule has 0 bridgehead atoms. The smallest absolute Gasteiger partial charge is 0.407 e. The van der Waals surface area contributed by atoms with Crippen LogP contribution in [0, 0.1) is 0 Å². The van der Waals surface area contributed by atoms with Gasteiger partial charge >= 0.3 is 6.09 Å². The van der Waals surface area contributed by atoms with E-state index in [0.717, 1.165) is 10.8 Å². The van der Waals surface area contributed by atoms with Gasteiger partial charge in [0.2, 0.25) is 0 Å². The van der Waals surface area contributed by atoms with Crippen LogP contribution in [0.15, 0.2) is 79.4 Å². The fourth-order valence-corrected chi connectivity index (χ4v) is 4.86. The number of pyridine rings is 1. The first-order valence-electron chi connectivity index (χ1n) is 10.9. The number of carbonyl (C=O) groups excluding carboxylic acids is 1. The second kappa shape index (κ2) is 8.72. The van der Waals surface area contributed by atoms with Crippen molar-refractivity contribution in [2.24, 2.45) is 0 Å². The maximum atomic E-state index is 12.7. The molecular formula is C28H23ClN2O2. The van der Waals surface area contributed by atoms with E-state index in [1.807, 2.05) is 55.5 Å². The minimum absolute atomic E-state index is 0.0201. The van der Waals surface area contributed by atoms with E-state index in [0.29, 0.717) is 16.4 Å². The number of aromatic nitrogens is 1. The molecule has 0 radical (unpaired) electrons. The highest BCUT2D eigenvalue weighted by Crippen LogP contribution is 2.44. The molecular weight excluding hydrogens is 432 g/mol. The average molecular weight is 455 g/mol. The molecule has 1 atom stereocenters. The van der Waals surface area contributed by atoms with Crippen molar-refractivity contribution < 1.29 is 9.53 Å². The molecule has 4 nitrogen and oxygen atoms in total. The average Bonchev–Trinajstić information content (AvgIpc) is 3.16. The zero-order valence-electron chi connectivity index (χ0n) is 18.2. The van der Waals surface area contributed by atoms with Gasteiger partial charge in [-0.25, -0.2) is 4.79 Å². The zero-order valence-corrected chi connectivity index (χ0v) is 19.0. The van der Waals surface area contributed by atoms with Crippen molar-refractivity contribution in [2.75, 3.05) is 6.61 Å². The minimum atomic E-state index is -0.475. The Kier molecular flexibility index (Phi) is 5.61. The summed E-state index contributed by atoms with van der Waals surface area (Å²) in [6, 6.07) is 23.8. The summed E-state index contributed by atoms with van der Waals surface area (Å²) in [6.45, 7) is 6.01. The number of nitrogens with zero attached hydrogens (tertiary/aromatic N) is 1. The van der Waals surface area contributed by atoms with Gasteiger partial charge in [-0.15, -0.1) is 0 Å². The molecule has 0 aliphatic heterocycles. The van der Waals surface area contributed by atoms with Crippen LogP contribution in [0.2, 0.25) is 5.02 Å². The van der Waals surface area contributed by atoms with Crippen LogP contribution in [0.4, 0.5) is 4.79 Å². The first-order valence-corrected chi connectivity index (χ1v) is 11.3. The van der Waals surface area contributed by atoms with Gasteiger partial charge in [-0.2, -0.15) is 0 Å². The van der Waals surface area contributed by atoms with E-state index in [1.165, 1.54) is 22.3 Å². The van der Waals surface area contributed by atoms with E-state index in [4.69, 9.17) is 16.3 Å². The van der Waals surface area contributed by atoms with Crippen molar-refractivity contribution in [1.82, 2.24) is 10.3 Å². The lowest BCUT2D eigenvalue weighted by Crippen LogP contribution is -2.29. The van der Waals surface area contributed by atoms with Gasteiger partial charge in [0, 0.05) is 11.3 Å². The zero-order chi connectivity index (χ0) is 22.9. The molecule has 0 saturated heterocycles. The second-order valence-corrected chi connectivity index (χ2v) is 8.57. The maximum Gasteiger partial charge on any atom is 0.407 e. The molecule has 1 aliphatic carbocycles. The van der Waals surface area contributed by atoms with Crippen molar-refractivity contribution in [1.29, 1.82) is 0 Å². The number of fused-ring (bicyclic) bond motifs is 4. The van der Waals surface area contributed by atoms with Crippen molar-refractivity contribution in [3.05, 3.63) is 107 Å². The van der Waals surface area contributed by atoms with E-state index in [2.05, 4.69) is 41.1 Å². The number of rotatable bonds is 5. The number of ether oxygens (including phenoxy) is 1. The van der Waals surface area contributed by atoms with Crippen molar-refractivity contribution in [3.63, 3.8) is 0 Å². The monoisotopic (exact) mass is 454 g/mol. The summed E-state index contributed by atoms with van der Waals surface area (Å²) in [7, 11) is 0. The molecule has 4 aromatic rings. The van der Waals surface area contributed by atoms with Gasteiger partial charge in [-0.05, 0) is 52.8 Å². The molecule has 1 N–H and O–H groups in total. The fourth-order valence-electron chi connectivity index (χ4n) is 4.58. The van der Waals surface area contributed by atoms with Gasteiger partial charge in [0.1, 0.15) is 6.61 Å². The minimum Gasteiger partial charge on any atom is -0.449 e. The Morgan fingerprint density at radius 2 is 1.76 bits per heavy atom. The van der Waals surface area contributed by atoms with Gasteiger partial charge in [0.15, 0.2) is 0 Å². The number of amides is 1. The lowest BCUT2D eigenvalue weighted by Gasteiger charge is -2.18. The van der Waals surface area contributed by atoms with E-state index in [-0.39, 0.29) is 18.6 Å². The number of halogens is 1. The first-order chi connectivity index (χ1) is 16.1. The number of carbonyl (C=O) groups is 1. The highest BCUT2D eigenvalue weighted by atomic mass is 35.5. The van der Waals surface area contributed by atoms with Crippen molar-refractivity contribution in [2.45, 2.75) is 18.9 Å². The van der Waals surface area contributed by atoms with Crippen LogP contribution < -0.4 is 5.32 Å². The number of hydrogen-bond acceptors (Lipinski definition) is 3. The maximum absolute atomic E-state index is 12.7. The first kappa shape index (κ1) is 21.2. The Bertz CT molecular complexity index is 1340. The van der Waals surface area contributed by atoms with Gasteiger partial charge in [-0.3, -0.25) is 4.98 Å². The molecule has 164 valence electrons. The van der Waals surface area contributed by atoms with Crippen LogP contribution in [0.1, 0.15) is 41.4 Å². The molecule has 1 aliphatic rings. The van der Waals surface area contributed by atoms with Crippen LogP contribution in [-0.4, -0.2) is 17.7 Å². The Morgan fingerprint density at radius 1 is 1.09 bits per heavy atom. The standard InChI is InChI=1S/C28H23ClN2O2/c1-3-25-27-18(9-8-14-24(27)29)15-26(31-25)17(2)30-28(32)33-16-23-21-12-6-4-10-19(21)20-11-5-7-13-22(20)23/h3-15,17,23H,1,16H2,2H3,(H,30,32). The molecule has 3 aromatic carbocycles. The van der Waals surface area contributed by atoms with Crippen LogP contribution in [-0.2, 0) is 4.74 Å². The predicted molar refractivity (Wildman–Crippen MR) is 133 cm³/mol. The number of benzene rings is 3. The van der Waals surface area contributed by atoms with E-state index < -0.39 is 6.09 Å². The van der Waals surface area contributed by atoms with Crippen LogP contribution in [0.3, 0.4) is 0 Å². The summed E-state index contributed by atoms with van der Waals surface area (Å²) in [4.78, 5) is 17.3. The van der Waals surface area contributed by atoms with Gasteiger partial charge in [0.05, 0.1) is 22.5 Å². The Labute approximate surface area is 197 Å². The third kappa shape index (κ3) is 3.87. The summed E-state index contributed by atoms with van der Waals surface area (Å²) in [5.41, 5.74) is 6.17. The molecule has 0 spiro atoms. The van der Waals surface area contributed by atoms with E-state index in [9.17, 15) is 4.79 Å². The number of hydrogen-bond donors (Lipinski definition) is 1. The van der Waals surface area contributed by atoms with Crippen LogP contribution in [0.25, 0.3) is 28.0 Å². The molecule has 1 amide bonds. The topological polar surface area (TPSA) is 51.2 Å². The second-order valence-electron chi connectivity index (χ2n) is 8.17. The van der Waals surface area contributed by atoms with E-state index in [1.54, 1.807) is 6.08 Å². The van der Waals surface area contributed by atoms with Gasteiger partial charge in [-0.1, -0.05) is 78.8 Å². The fraction of sp³-hybridized carbons (Fsp3) is 0.143. The quantitative estimate of drug-likeness (QED) is 0.349. The SMILES string of the molecule is C=Cc1nc(C(C)NC(=O)OCC2c3ccccc3-c3ccccc32)cc2cccc(Cl)c12. The lowest BCUT2D eigenvalue weighted by atomic mass is 9.98. The molecule has 5 heteroatoms. The normalized spacial score (nSPS) is 13.3. The summed E-state index contributed by atoms with van der Waals surface area (Å²) < 4.78 is 5.68. The molecule has 0 fully saturated rings. The van der Waals surface area contributed by atoms with Gasteiger partial charge < -0.3 is 10.1 Å². The third-order valence-corrected chi connectivity index (χ3v) is 6.48.